The molecule has 1 aromatic heterocycles. The number of para-hydroxylation sites is 1. The van der Waals surface area contributed by atoms with Crippen LogP contribution in [0.1, 0.15) is 0 Å². The first kappa shape index (κ1) is 9.04. The highest BCUT2D eigenvalue weighted by Gasteiger charge is 2.15. The molecule has 0 radical (unpaired) electrons. The van der Waals surface area contributed by atoms with Crippen LogP contribution in [-0.4, -0.2) is 17.5 Å². The molecular formula is C8H8N2O3S. The molecule has 0 spiro atoms. The van der Waals surface area contributed by atoms with Crippen molar-refractivity contribution in [2.45, 2.75) is 0 Å². The third kappa shape index (κ3) is 1.24. The Labute approximate surface area is 80.6 Å². The van der Waals surface area contributed by atoms with E-state index in [1.165, 1.54) is 6.07 Å². The van der Waals surface area contributed by atoms with Gasteiger partial charge in [-0.1, -0.05) is 18.2 Å². The van der Waals surface area contributed by atoms with Gasteiger partial charge in [-0.05, 0) is 6.07 Å². The van der Waals surface area contributed by atoms with Gasteiger partial charge in [0.2, 0.25) is 5.88 Å². The molecule has 14 heavy (non-hydrogen) atoms. The largest absolute Gasteiger partial charge is 0.494 e. The zero-order valence-electron chi connectivity index (χ0n) is 7.08. The van der Waals surface area contributed by atoms with Gasteiger partial charge in [-0.15, -0.1) is 0 Å². The molecule has 0 atom stereocenters. The van der Waals surface area contributed by atoms with Crippen LogP contribution in [0.4, 0.5) is 0 Å². The van der Waals surface area contributed by atoms with E-state index in [-0.39, 0.29) is 5.88 Å². The zero-order chi connectivity index (χ0) is 10.3. The number of benzene rings is 1. The summed E-state index contributed by atoms with van der Waals surface area (Å²) in [7, 11) is -3.95. The predicted octanol–water partition coefficient (Wildman–Crippen LogP) is 0.399. The van der Waals surface area contributed by atoms with E-state index < -0.39 is 10.2 Å². The van der Waals surface area contributed by atoms with E-state index in [9.17, 15) is 13.5 Å². The van der Waals surface area contributed by atoms with Gasteiger partial charge in [-0.25, -0.2) is 5.14 Å². The van der Waals surface area contributed by atoms with Gasteiger partial charge in [0.25, 0.3) is 0 Å². The predicted molar refractivity (Wildman–Crippen MR) is 52.1 cm³/mol. The van der Waals surface area contributed by atoms with Crippen molar-refractivity contribution in [1.82, 2.24) is 3.97 Å². The summed E-state index contributed by atoms with van der Waals surface area (Å²) in [6.07, 6.45) is 0. The lowest BCUT2D eigenvalue weighted by Crippen LogP contribution is -2.20. The maximum absolute atomic E-state index is 11.1. The second-order valence-corrected chi connectivity index (χ2v) is 4.27. The Morgan fingerprint density at radius 2 is 1.93 bits per heavy atom. The van der Waals surface area contributed by atoms with Crippen molar-refractivity contribution in [3.63, 3.8) is 0 Å². The van der Waals surface area contributed by atoms with Gasteiger partial charge in [-0.3, -0.25) is 0 Å². The van der Waals surface area contributed by atoms with Crippen LogP contribution < -0.4 is 5.14 Å². The minimum absolute atomic E-state index is 0.368. The molecule has 0 saturated heterocycles. The summed E-state index contributed by atoms with van der Waals surface area (Å²) in [4.78, 5) is 0. The van der Waals surface area contributed by atoms with Crippen molar-refractivity contribution < 1.29 is 13.5 Å². The standard InChI is InChI=1S/C8H8N2O3S/c9-14(12,13)10-7-4-2-1-3-6(7)5-8(10)11/h1-5,11H,(H2,9,12,13). The lowest BCUT2D eigenvalue weighted by molar-refractivity contribution is 0.447. The van der Waals surface area contributed by atoms with E-state index in [0.717, 1.165) is 0 Å². The van der Waals surface area contributed by atoms with E-state index in [2.05, 4.69) is 0 Å². The molecule has 0 unspecified atom stereocenters. The van der Waals surface area contributed by atoms with Crippen LogP contribution in [0.5, 0.6) is 5.88 Å². The van der Waals surface area contributed by atoms with Crippen molar-refractivity contribution >= 4 is 21.1 Å². The van der Waals surface area contributed by atoms with Gasteiger partial charge in [0, 0.05) is 11.5 Å². The fourth-order valence-electron chi connectivity index (χ4n) is 1.38. The maximum Gasteiger partial charge on any atom is 0.305 e. The number of rotatable bonds is 1. The fourth-order valence-corrected chi connectivity index (χ4v) is 2.14. The van der Waals surface area contributed by atoms with Crippen LogP contribution in [0.3, 0.4) is 0 Å². The average molecular weight is 212 g/mol. The van der Waals surface area contributed by atoms with Crippen molar-refractivity contribution in [3.05, 3.63) is 30.3 Å². The number of hydrogen-bond acceptors (Lipinski definition) is 3. The van der Waals surface area contributed by atoms with Gasteiger partial charge < -0.3 is 5.11 Å². The van der Waals surface area contributed by atoms with Gasteiger partial charge in [0.05, 0.1) is 5.52 Å². The average Bonchev–Trinajstić information content (AvgIpc) is 2.38. The number of nitrogens with zero attached hydrogens (tertiary/aromatic N) is 1. The second-order valence-electron chi connectivity index (χ2n) is 2.87. The summed E-state index contributed by atoms with van der Waals surface area (Å²) in [6, 6.07) is 8.02. The number of aromatic hydroxyl groups is 1. The molecule has 2 rings (SSSR count). The topological polar surface area (TPSA) is 85.3 Å². The number of nitrogens with two attached hydrogens (primary N) is 1. The summed E-state index contributed by atoms with van der Waals surface area (Å²) < 4.78 is 22.9. The zero-order valence-corrected chi connectivity index (χ0v) is 7.90. The molecular weight excluding hydrogens is 204 g/mol. The molecule has 0 aliphatic heterocycles. The van der Waals surface area contributed by atoms with Crippen LogP contribution in [0.2, 0.25) is 0 Å². The molecule has 0 aliphatic rings. The Morgan fingerprint density at radius 3 is 2.57 bits per heavy atom. The van der Waals surface area contributed by atoms with E-state index in [1.54, 1.807) is 24.3 Å². The summed E-state index contributed by atoms with van der Waals surface area (Å²) in [5, 5.41) is 14.9. The third-order valence-corrected chi connectivity index (χ3v) is 2.80. The Morgan fingerprint density at radius 1 is 1.29 bits per heavy atom. The highest BCUT2D eigenvalue weighted by molar-refractivity contribution is 7.87. The van der Waals surface area contributed by atoms with Gasteiger partial charge in [0.15, 0.2) is 0 Å². The van der Waals surface area contributed by atoms with Crippen molar-refractivity contribution in [2.24, 2.45) is 5.14 Å². The molecule has 0 bridgehead atoms. The Balaban J connectivity index is 2.95. The summed E-state index contributed by atoms with van der Waals surface area (Å²) in [5.74, 6) is -0.381. The van der Waals surface area contributed by atoms with Gasteiger partial charge >= 0.3 is 10.2 Å². The Bertz CT molecular complexity index is 586. The second kappa shape index (κ2) is 2.73. The van der Waals surface area contributed by atoms with E-state index in [1.807, 2.05) is 0 Å². The van der Waals surface area contributed by atoms with Crippen LogP contribution >= 0.6 is 0 Å². The van der Waals surface area contributed by atoms with Gasteiger partial charge in [-0.2, -0.15) is 12.4 Å². The van der Waals surface area contributed by atoms with Crippen molar-refractivity contribution in [2.75, 3.05) is 0 Å². The quantitative estimate of drug-likeness (QED) is 0.717. The first-order chi connectivity index (χ1) is 6.50. The van der Waals surface area contributed by atoms with E-state index in [4.69, 9.17) is 5.14 Å². The molecule has 6 heteroatoms. The minimum Gasteiger partial charge on any atom is -0.494 e. The molecule has 0 saturated carbocycles. The fraction of sp³-hybridized carbons (Fsp3) is 0. The highest BCUT2D eigenvalue weighted by atomic mass is 32.2. The van der Waals surface area contributed by atoms with Crippen LogP contribution in [-0.2, 0) is 10.2 Å². The number of fused-ring (bicyclic) bond motifs is 1. The van der Waals surface area contributed by atoms with Crippen LogP contribution in [0, 0.1) is 0 Å². The van der Waals surface area contributed by atoms with Crippen LogP contribution in [0.15, 0.2) is 30.3 Å². The molecule has 74 valence electrons. The molecule has 2 aromatic rings. The SMILES string of the molecule is NS(=O)(=O)n1c(O)cc2ccccc21. The maximum atomic E-state index is 11.1. The van der Waals surface area contributed by atoms with E-state index >= 15 is 0 Å². The smallest absolute Gasteiger partial charge is 0.305 e. The molecule has 1 aromatic carbocycles. The Hall–Kier alpha value is -1.53. The van der Waals surface area contributed by atoms with Crippen LogP contribution in [0.25, 0.3) is 10.9 Å². The summed E-state index contributed by atoms with van der Waals surface area (Å²) in [6.45, 7) is 0. The first-order valence-corrected chi connectivity index (χ1v) is 5.33. The number of aromatic nitrogens is 1. The summed E-state index contributed by atoms with van der Waals surface area (Å²) in [5.41, 5.74) is 0.368. The summed E-state index contributed by atoms with van der Waals surface area (Å²) >= 11 is 0. The van der Waals surface area contributed by atoms with Crippen molar-refractivity contribution in [3.8, 4) is 5.88 Å². The number of hydrogen-bond donors (Lipinski definition) is 2. The molecule has 0 amide bonds. The molecule has 1 heterocycles. The normalized spacial score (nSPS) is 12.1. The Kier molecular flexibility index (Phi) is 1.76. The minimum atomic E-state index is -3.95. The van der Waals surface area contributed by atoms with E-state index in [0.29, 0.717) is 14.9 Å². The molecule has 0 aliphatic carbocycles. The highest BCUT2D eigenvalue weighted by Crippen LogP contribution is 2.24. The first-order valence-electron chi connectivity index (χ1n) is 3.83. The van der Waals surface area contributed by atoms with Crippen molar-refractivity contribution in [1.29, 1.82) is 0 Å². The lowest BCUT2D eigenvalue weighted by atomic mass is 10.3. The van der Waals surface area contributed by atoms with Gasteiger partial charge in [0.1, 0.15) is 0 Å². The molecule has 0 fully saturated rings. The molecule has 5 nitrogen and oxygen atoms in total. The molecule has 3 N–H and O–H groups in total. The third-order valence-electron chi connectivity index (χ3n) is 1.90. The monoisotopic (exact) mass is 212 g/mol. The lowest BCUT2D eigenvalue weighted by Gasteiger charge is -2.01.